The van der Waals surface area contributed by atoms with Gasteiger partial charge in [-0.2, -0.15) is 0 Å². The first kappa shape index (κ1) is 12.7. The monoisotopic (exact) mass is 248 g/mol. The van der Waals surface area contributed by atoms with Crippen molar-refractivity contribution >= 4 is 5.96 Å². The lowest BCUT2D eigenvalue weighted by Crippen LogP contribution is -2.51. The van der Waals surface area contributed by atoms with Crippen LogP contribution < -0.4 is 5.49 Å². The van der Waals surface area contributed by atoms with Crippen molar-refractivity contribution in [3.05, 3.63) is 23.8 Å². The molecule has 2 atom stereocenters. The second-order valence-electron chi connectivity index (χ2n) is 5.00. The van der Waals surface area contributed by atoms with E-state index in [1.807, 2.05) is 4.90 Å². The molecule has 1 fully saturated rings. The van der Waals surface area contributed by atoms with Crippen molar-refractivity contribution in [2.75, 3.05) is 0 Å². The summed E-state index contributed by atoms with van der Waals surface area (Å²) in [5.41, 5.74) is 0.211. The van der Waals surface area contributed by atoms with Crippen LogP contribution in [-0.2, 0) is 0 Å². The smallest absolute Gasteiger partial charge is 0.204 e. The molecule has 0 amide bonds. The highest BCUT2D eigenvalue weighted by molar-refractivity contribution is 5.80. The summed E-state index contributed by atoms with van der Waals surface area (Å²) >= 11 is 0. The third-order valence-corrected chi connectivity index (χ3v) is 3.60. The topological polar surface area (TPSA) is 76.1 Å². The minimum absolute atomic E-state index is 0.0769. The Hall–Kier alpha value is -1.78. The predicted octanol–water partition coefficient (Wildman–Crippen LogP) is 1.72. The molecule has 0 spiro atoms. The van der Waals surface area contributed by atoms with E-state index in [4.69, 9.17) is 10.8 Å². The van der Waals surface area contributed by atoms with Crippen LogP contribution in [0.2, 0.25) is 0 Å². The van der Waals surface area contributed by atoms with Gasteiger partial charge in [-0.3, -0.25) is 15.4 Å². The standard InChI is InChI=1S/C13H20N4O/c1-9-4-3-5-10(2)17(9)13(15)16-8-11(18)6-7-12(16)14/h6-10,14-15,18H,3-5H2,1-2H3. The highest BCUT2D eigenvalue weighted by Gasteiger charge is 2.27. The maximum absolute atomic E-state index is 9.50. The summed E-state index contributed by atoms with van der Waals surface area (Å²) in [7, 11) is 0. The van der Waals surface area contributed by atoms with Crippen LogP contribution in [0.5, 0.6) is 5.75 Å². The molecule has 0 bridgehead atoms. The highest BCUT2D eigenvalue weighted by atomic mass is 16.3. The van der Waals surface area contributed by atoms with Gasteiger partial charge in [0.15, 0.2) is 0 Å². The Morgan fingerprint density at radius 2 is 1.89 bits per heavy atom. The summed E-state index contributed by atoms with van der Waals surface area (Å²) in [6, 6.07) is 3.57. The first-order valence-electron chi connectivity index (χ1n) is 6.34. The first-order chi connectivity index (χ1) is 8.50. The molecule has 98 valence electrons. The molecule has 0 aromatic carbocycles. The second-order valence-corrected chi connectivity index (χ2v) is 5.00. The number of nitrogens with one attached hydrogen (secondary N) is 2. The molecule has 1 aliphatic heterocycles. The Bertz CT molecular complexity index is 498. The largest absolute Gasteiger partial charge is 0.506 e. The van der Waals surface area contributed by atoms with Gasteiger partial charge in [-0.25, -0.2) is 0 Å². The second kappa shape index (κ2) is 4.84. The van der Waals surface area contributed by atoms with E-state index < -0.39 is 0 Å². The number of aromatic nitrogens is 1. The number of aromatic hydroxyl groups is 1. The van der Waals surface area contributed by atoms with Crippen LogP contribution in [0.1, 0.15) is 33.1 Å². The zero-order chi connectivity index (χ0) is 13.3. The Balaban J connectivity index is 2.35. The summed E-state index contributed by atoms with van der Waals surface area (Å²) in [5, 5.41) is 25.6. The van der Waals surface area contributed by atoms with Gasteiger partial charge in [0.2, 0.25) is 5.96 Å². The van der Waals surface area contributed by atoms with Gasteiger partial charge in [-0.05, 0) is 45.2 Å². The number of rotatable bonds is 0. The number of hydrogen-bond acceptors (Lipinski definition) is 3. The Morgan fingerprint density at radius 3 is 2.50 bits per heavy atom. The van der Waals surface area contributed by atoms with Crippen molar-refractivity contribution in [3.8, 4) is 5.75 Å². The van der Waals surface area contributed by atoms with Crippen molar-refractivity contribution in [3.63, 3.8) is 0 Å². The van der Waals surface area contributed by atoms with Crippen molar-refractivity contribution in [1.82, 2.24) is 9.47 Å². The molecular formula is C13H20N4O. The molecular weight excluding hydrogens is 228 g/mol. The Morgan fingerprint density at radius 1 is 1.28 bits per heavy atom. The van der Waals surface area contributed by atoms with Gasteiger partial charge < -0.3 is 10.0 Å². The van der Waals surface area contributed by atoms with E-state index in [9.17, 15) is 5.11 Å². The predicted molar refractivity (Wildman–Crippen MR) is 69.7 cm³/mol. The van der Waals surface area contributed by atoms with E-state index in [0.29, 0.717) is 12.1 Å². The normalized spacial score (nSPS) is 24.0. The summed E-state index contributed by atoms with van der Waals surface area (Å²) in [5.74, 6) is 0.351. The third-order valence-electron chi connectivity index (χ3n) is 3.60. The maximum Gasteiger partial charge on any atom is 0.204 e. The molecule has 1 aliphatic rings. The molecule has 1 saturated heterocycles. The van der Waals surface area contributed by atoms with Crippen molar-refractivity contribution in [1.29, 1.82) is 10.8 Å². The summed E-state index contributed by atoms with van der Waals surface area (Å²) in [6.07, 6.45) is 4.75. The van der Waals surface area contributed by atoms with E-state index in [1.165, 1.54) is 29.3 Å². The van der Waals surface area contributed by atoms with Gasteiger partial charge in [0.05, 0.1) is 6.20 Å². The minimum Gasteiger partial charge on any atom is -0.506 e. The fourth-order valence-electron chi connectivity index (χ4n) is 2.63. The lowest BCUT2D eigenvalue weighted by atomic mass is 9.98. The van der Waals surface area contributed by atoms with Gasteiger partial charge in [-0.1, -0.05) is 0 Å². The Labute approximate surface area is 107 Å². The lowest BCUT2D eigenvalue weighted by molar-refractivity contribution is 0.184. The summed E-state index contributed by atoms with van der Waals surface area (Å²) < 4.78 is 1.42. The minimum atomic E-state index is 0.0769. The van der Waals surface area contributed by atoms with Crippen molar-refractivity contribution < 1.29 is 5.11 Å². The van der Waals surface area contributed by atoms with Crippen LogP contribution in [0.25, 0.3) is 0 Å². The average molecular weight is 248 g/mol. The average Bonchev–Trinajstić information content (AvgIpc) is 2.32. The zero-order valence-corrected chi connectivity index (χ0v) is 10.8. The SMILES string of the molecule is CC1CCCC(C)N1C(=N)n1cc(O)ccc1=N. The first-order valence-corrected chi connectivity index (χ1v) is 6.34. The fraction of sp³-hybridized carbons (Fsp3) is 0.538. The van der Waals surface area contributed by atoms with Crippen LogP contribution in [0.4, 0.5) is 0 Å². The van der Waals surface area contributed by atoms with Gasteiger partial charge in [0.25, 0.3) is 0 Å². The lowest BCUT2D eigenvalue weighted by Gasteiger charge is -2.40. The Kier molecular flexibility index (Phi) is 3.41. The zero-order valence-electron chi connectivity index (χ0n) is 10.8. The molecule has 0 aliphatic carbocycles. The quantitative estimate of drug-likeness (QED) is 0.483. The molecule has 0 radical (unpaired) electrons. The third kappa shape index (κ3) is 2.25. The molecule has 5 heteroatoms. The molecule has 18 heavy (non-hydrogen) atoms. The van der Waals surface area contributed by atoms with Gasteiger partial charge >= 0.3 is 0 Å². The molecule has 3 N–H and O–H groups in total. The number of pyridine rings is 1. The fourth-order valence-corrected chi connectivity index (χ4v) is 2.63. The molecule has 2 rings (SSSR count). The summed E-state index contributed by atoms with van der Waals surface area (Å²) in [4.78, 5) is 2.03. The van der Waals surface area contributed by atoms with E-state index in [-0.39, 0.29) is 17.2 Å². The maximum atomic E-state index is 9.50. The van der Waals surface area contributed by atoms with Crippen LogP contribution in [-0.4, -0.2) is 32.6 Å². The van der Waals surface area contributed by atoms with Crippen LogP contribution in [0, 0.1) is 10.8 Å². The molecule has 1 aromatic rings. The van der Waals surface area contributed by atoms with Crippen LogP contribution in [0.3, 0.4) is 0 Å². The van der Waals surface area contributed by atoms with Crippen molar-refractivity contribution in [2.24, 2.45) is 0 Å². The van der Waals surface area contributed by atoms with Gasteiger partial charge in [0, 0.05) is 12.1 Å². The van der Waals surface area contributed by atoms with E-state index >= 15 is 0 Å². The number of nitrogens with zero attached hydrogens (tertiary/aromatic N) is 2. The van der Waals surface area contributed by atoms with Crippen LogP contribution >= 0.6 is 0 Å². The van der Waals surface area contributed by atoms with E-state index in [1.54, 1.807) is 0 Å². The number of piperidine rings is 1. The highest BCUT2D eigenvalue weighted by Crippen LogP contribution is 2.22. The number of likely N-dealkylation sites (tertiary alicyclic amines) is 1. The van der Waals surface area contributed by atoms with Gasteiger partial charge in [0.1, 0.15) is 11.2 Å². The molecule has 2 unspecified atom stereocenters. The summed E-state index contributed by atoms with van der Waals surface area (Å²) in [6.45, 7) is 4.22. The molecule has 2 heterocycles. The van der Waals surface area contributed by atoms with Crippen molar-refractivity contribution in [2.45, 2.75) is 45.2 Å². The number of hydrogen-bond donors (Lipinski definition) is 3. The van der Waals surface area contributed by atoms with Crippen LogP contribution in [0.15, 0.2) is 18.3 Å². The van der Waals surface area contributed by atoms with E-state index in [0.717, 1.165) is 12.8 Å². The van der Waals surface area contributed by atoms with E-state index in [2.05, 4.69) is 13.8 Å². The molecule has 0 saturated carbocycles. The van der Waals surface area contributed by atoms with Gasteiger partial charge in [-0.15, -0.1) is 0 Å². The molecule has 5 nitrogen and oxygen atoms in total. The molecule has 1 aromatic heterocycles.